The number of amides is 2. The van der Waals surface area contributed by atoms with Crippen molar-refractivity contribution in [3.05, 3.63) is 29.6 Å². The Morgan fingerprint density at radius 3 is 2.80 bits per heavy atom. The molecule has 1 aromatic carbocycles. The summed E-state index contributed by atoms with van der Waals surface area (Å²) in [4.78, 5) is 26.7. The average Bonchev–Trinajstić information content (AvgIpc) is 3.35. The average molecular weight is 416 g/mol. The van der Waals surface area contributed by atoms with Gasteiger partial charge in [0.2, 0.25) is 11.8 Å². The first-order valence-corrected chi connectivity index (χ1v) is 10.4. The summed E-state index contributed by atoms with van der Waals surface area (Å²) in [6.07, 6.45) is 1.44. The maximum atomic E-state index is 14.5. The summed E-state index contributed by atoms with van der Waals surface area (Å²) in [6, 6.07) is 4.24. The molecule has 0 spiro atoms. The van der Waals surface area contributed by atoms with E-state index in [4.69, 9.17) is 10.1 Å². The van der Waals surface area contributed by atoms with Gasteiger partial charge in [0.15, 0.2) is 5.96 Å². The molecule has 0 bridgehead atoms. The predicted molar refractivity (Wildman–Crippen MR) is 109 cm³/mol. The van der Waals surface area contributed by atoms with Gasteiger partial charge in [0.1, 0.15) is 17.2 Å². The quantitative estimate of drug-likeness (QED) is 0.703. The van der Waals surface area contributed by atoms with Crippen LogP contribution in [0, 0.1) is 23.1 Å². The number of benzene rings is 1. The van der Waals surface area contributed by atoms with Crippen molar-refractivity contribution in [2.24, 2.45) is 11.8 Å². The van der Waals surface area contributed by atoms with E-state index < -0.39 is 17.2 Å². The van der Waals surface area contributed by atoms with Gasteiger partial charge in [-0.3, -0.25) is 19.9 Å². The number of halogens is 1. The summed E-state index contributed by atoms with van der Waals surface area (Å²) >= 11 is 0. The molecule has 7 nitrogen and oxygen atoms in total. The molecular formula is C22H29FN4O3. The van der Waals surface area contributed by atoms with Crippen LogP contribution in [0.4, 0.5) is 4.39 Å². The smallest absolute Gasteiger partial charge is 0.231 e. The van der Waals surface area contributed by atoms with Gasteiger partial charge in [-0.15, -0.1) is 0 Å². The van der Waals surface area contributed by atoms with Gasteiger partial charge >= 0.3 is 0 Å². The van der Waals surface area contributed by atoms with Crippen molar-refractivity contribution >= 4 is 17.8 Å². The predicted octanol–water partition coefficient (Wildman–Crippen LogP) is 2.72. The van der Waals surface area contributed by atoms with Gasteiger partial charge in [-0.2, -0.15) is 0 Å². The SMILES string of the molecule is CC1(C)CC(=O)N(C[C@@H]2C[C@H]2C(=O)NC2CC(C)(C)Oc3cccc(F)c32)C(=N)N1. The Bertz CT molecular complexity index is 894. The van der Waals surface area contributed by atoms with Crippen LogP contribution in [-0.2, 0) is 9.59 Å². The van der Waals surface area contributed by atoms with E-state index in [1.54, 1.807) is 12.1 Å². The summed E-state index contributed by atoms with van der Waals surface area (Å²) in [5, 5.41) is 14.2. The Morgan fingerprint density at radius 2 is 2.10 bits per heavy atom. The molecule has 1 aromatic rings. The van der Waals surface area contributed by atoms with Gasteiger partial charge in [-0.05, 0) is 52.2 Å². The maximum absolute atomic E-state index is 14.5. The van der Waals surface area contributed by atoms with Crippen LogP contribution in [0.1, 0.15) is 58.6 Å². The van der Waals surface area contributed by atoms with Crippen LogP contribution in [0.25, 0.3) is 0 Å². The highest BCUT2D eigenvalue weighted by molar-refractivity contribution is 5.99. The lowest BCUT2D eigenvalue weighted by atomic mass is 9.89. The molecule has 2 fully saturated rings. The minimum Gasteiger partial charge on any atom is -0.487 e. The molecule has 2 amide bonds. The molecular weight excluding hydrogens is 387 g/mol. The van der Waals surface area contributed by atoms with Crippen LogP contribution < -0.4 is 15.4 Å². The van der Waals surface area contributed by atoms with Crippen molar-refractivity contribution in [2.45, 2.75) is 64.1 Å². The van der Waals surface area contributed by atoms with E-state index in [-0.39, 0.29) is 35.4 Å². The normalized spacial score (nSPS) is 28.8. The molecule has 3 N–H and O–H groups in total. The van der Waals surface area contributed by atoms with Crippen molar-refractivity contribution in [3.63, 3.8) is 0 Å². The van der Waals surface area contributed by atoms with E-state index in [0.29, 0.717) is 37.1 Å². The van der Waals surface area contributed by atoms with Crippen LogP contribution in [0.5, 0.6) is 5.75 Å². The monoisotopic (exact) mass is 416 g/mol. The summed E-state index contributed by atoms with van der Waals surface area (Å²) in [5.41, 5.74) is -0.560. The summed E-state index contributed by atoms with van der Waals surface area (Å²) in [7, 11) is 0. The molecule has 162 valence electrons. The molecule has 1 aliphatic carbocycles. The summed E-state index contributed by atoms with van der Waals surface area (Å²) in [5.74, 6) is -0.304. The second-order valence-corrected chi connectivity index (χ2v) is 9.92. The molecule has 2 aliphatic heterocycles. The van der Waals surface area contributed by atoms with Gasteiger partial charge in [-0.25, -0.2) is 4.39 Å². The highest BCUT2D eigenvalue weighted by Crippen LogP contribution is 2.43. The molecule has 2 heterocycles. The Labute approximate surface area is 175 Å². The van der Waals surface area contributed by atoms with E-state index in [0.717, 1.165) is 0 Å². The molecule has 4 rings (SSSR count). The molecule has 0 aromatic heterocycles. The fraction of sp³-hybridized carbons (Fsp3) is 0.591. The second kappa shape index (κ2) is 6.96. The van der Waals surface area contributed by atoms with Crippen LogP contribution in [0.2, 0.25) is 0 Å². The minimum atomic E-state index is -0.518. The molecule has 30 heavy (non-hydrogen) atoms. The van der Waals surface area contributed by atoms with E-state index in [9.17, 15) is 14.0 Å². The zero-order chi connectivity index (χ0) is 21.8. The van der Waals surface area contributed by atoms with E-state index in [1.165, 1.54) is 11.0 Å². The fourth-order valence-corrected chi connectivity index (χ4v) is 4.51. The number of carbonyl (C=O) groups is 2. The zero-order valence-corrected chi connectivity index (χ0v) is 17.8. The van der Waals surface area contributed by atoms with Crippen molar-refractivity contribution < 1.29 is 18.7 Å². The van der Waals surface area contributed by atoms with E-state index in [2.05, 4.69) is 10.6 Å². The highest BCUT2D eigenvalue weighted by Gasteiger charge is 2.48. The van der Waals surface area contributed by atoms with Crippen LogP contribution in [-0.4, -0.2) is 40.4 Å². The first-order chi connectivity index (χ1) is 14.0. The number of nitrogens with zero attached hydrogens (tertiary/aromatic N) is 1. The maximum Gasteiger partial charge on any atom is 0.231 e. The third-order valence-electron chi connectivity index (χ3n) is 6.06. The third kappa shape index (κ3) is 4.00. The molecule has 3 atom stereocenters. The van der Waals surface area contributed by atoms with Gasteiger partial charge in [0, 0.05) is 30.8 Å². The first-order valence-electron chi connectivity index (χ1n) is 10.4. The number of carbonyl (C=O) groups excluding carboxylic acids is 2. The van der Waals surface area contributed by atoms with Crippen molar-refractivity contribution in [3.8, 4) is 5.75 Å². The molecule has 1 saturated heterocycles. The summed E-state index contributed by atoms with van der Waals surface area (Å²) < 4.78 is 20.4. The Kier molecular flexibility index (Phi) is 4.78. The third-order valence-corrected chi connectivity index (χ3v) is 6.06. The second-order valence-electron chi connectivity index (χ2n) is 9.92. The topological polar surface area (TPSA) is 94.5 Å². The number of fused-ring (bicyclic) bond motifs is 1. The highest BCUT2D eigenvalue weighted by atomic mass is 19.1. The molecule has 3 aliphatic rings. The summed E-state index contributed by atoms with van der Waals surface area (Å²) in [6.45, 7) is 7.96. The lowest BCUT2D eigenvalue weighted by molar-refractivity contribution is -0.131. The molecule has 8 heteroatoms. The lowest BCUT2D eigenvalue weighted by Gasteiger charge is -2.38. The van der Waals surface area contributed by atoms with Crippen molar-refractivity contribution in [1.82, 2.24) is 15.5 Å². The van der Waals surface area contributed by atoms with Crippen molar-refractivity contribution in [2.75, 3.05) is 6.54 Å². The number of nitrogens with one attached hydrogen (secondary N) is 3. The van der Waals surface area contributed by atoms with Crippen molar-refractivity contribution in [1.29, 1.82) is 5.41 Å². The van der Waals surface area contributed by atoms with Crippen LogP contribution in [0.3, 0.4) is 0 Å². The zero-order valence-electron chi connectivity index (χ0n) is 17.8. The number of rotatable bonds is 4. The van der Waals surface area contributed by atoms with Gasteiger partial charge in [0.05, 0.1) is 11.6 Å². The molecule has 1 saturated carbocycles. The Balaban J connectivity index is 1.41. The number of guanidine groups is 1. The molecule has 0 radical (unpaired) electrons. The number of hydrogen-bond donors (Lipinski definition) is 3. The first kappa shape index (κ1) is 20.6. The van der Waals surface area contributed by atoms with Gasteiger partial charge in [0.25, 0.3) is 0 Å². The lowest BCUT2D eigenvalue weighted by Crippen LogP contribution is -2.60. The largest absolute Gasteiger partial charge is 0.487 e. The molecule has 1 unspecified atom stereocenters. The number of ether oxygens (including phenoxy) is 1. The van der Waals surface area contributed by atoms with Gasteiger partial charge < -0.3 is 15.4 Å². The van der Waals surface area contributed by atoms with E-state index >= 15 is 0 Å². The van der Waals surface area contributed by atoms with E-state index in [1.807, 2.05) is 27.7 Å². The number of hydrogen-bond acceptors (Lipinski definition) is 4. The standard InChI is InChI=1S/C22H29FN4O3/c1-21(2)10-17(28)27(20(24)26-21)11-12-8-13(12)19(29)25-15-9-22(3,4)30-16-7-5-6-14(23)18(15)16/h5-7,12-13,15H,8-11H2,1-4H3,(H2,24,26)(H,25,29)/t12-,13+,15?/m0/s1. The Morgan fingerprint density at radius 1 is 1.37 bits per heavy atom. The minimum absolute atomic E-state index is 0.00486. The van der Waals surface area contributed by atoms with Crippen LogP contribution >= 0.6 is 0 Å². The fourth-order valence-electron chi connectivity index (χ4n) is 4.51. The Hall–Kier alpha value is -2.64. The van der Waals surface area contributed by atoms with Gasteiger partial charge in [-0.1, -0.05) is 6.07 Å². The van der Waals surface area contributed by atoms with Crippen LogP contribution in [0.15, 0.2) is 18.2 Å².